The Hall–Kier alpha value is -1.87. The van der Waals surface area contributed by atoms with E-state index in [2.05, 4.69) is 17.0 Å². The maximum atomic E-state index is 12.3. The fourth-order valence-electron chi connectivity index (χ4n) is 2.94. The molecule has 3 N–H and O–H groups in total. The molecule has 0 spiro atoms. The van der Waals surface area contributed by atoms with Crippen molar-refractivity contribution in [2.24, 2.45) is 5.92 Å². The summed E-state index contributed by atoms with van der Waals surface area (Å²) < 4.78 is 30.4. The first-order valence-corrected chi connectivity index (χ1v) is 9.31. The monoisotopic (exact) mass is 358 g/mol. The van der Waals surface area contributed by atoms with Crippen LogP contribution in [0.1, 0.15) is 49.6 Å². The van der Waals surface area contributed by atoms with E-state index in [-0.39, 0.29) is 5.76 Å². The molecule has 1 amide bonds. The second-order valence-corrected chi connectivity index (χ2v) is 7.84. The van der Waals surface area contributed by atoms with Gasteiger partial charge in [0, 0.05) is 0 Å². The lowest BCUT2D eigenvalue weighted by Crippen LogP contribution is -2.56. The molecule has 24 heavy (non-hydrogen) atoms. The fourth-order valence-corrected chi connectivity index (χ4v) is 3.58. The summed E-state index contributed by atoms with van der Waals surface area (Å²) in [5.74, 6) is -1.59. The fraction of sp³-hybridized carbons (Fsp3) is 0.600. The van der Waals surface area contributed by atoms with Gasteiger partial charge in [0.2, 0.25) is 5.09 Å². The first kappa shape index (κ1) is 18.5. The minimum Gasteiger partial charge on any atom is -0.480 e. The van der Waals surface area contributed by atoms with E-state index >= 15 is 0 Å². The van der Waals surface area contributed by atoms with Crippen molar-refractivity contribution in [3.05, 3.63) is 17.9 Å². The van der Waals surface area contributed by atoms with Crippen LogP contribution in [0.4, 0.5) is 0 Å². The molecule has 0 radical (unpaired) electrons. The molecule has 2 rings (SSSR count). The molecule has 1 aliphatic rings. The lowest BCUT2D eigenvalue weighted by molar-refractivity contribution is -0.146. The van der Waals surface area contributed by atoms with Gasteiger partial charge in [-0.15, -0.1) is 0 Å². The summed E-state index contributed by atoms with van der Waals surface area (Å²) in [6.45, 7) is 2.06. The second kappa shape index (κ2) is 6.94. The normalized spacial score (nSPS) is 24.5. The smallest absolute Gasteiger partial charge is 0.329 e. The van der Waals surface area contributed by atoms with Crippen LogP contribution in [-0.4, -0.2) is 38.0 Å². The van der Waals surface area contributed by atoms with Crippen molar-refractivity contribution in [2.45, 2.75) is 49.7 Å². The van der Waals surface area contributed by atoms with Crippen molar-refractivity contribution in [3.8, 4) is 0 Å². The highest BCUT2D eigenvalue weighted by Crippen LogP contribution is 2.34. The molecule has 0 aromatic carbocycles. The summed E-state index contributed by atoms with van der Waals surface area (Å²) in [6, 6.07) is 2.37. The van der Waals surface area contributed by atoms with E-state index in [9.17, 15) is 23.1 Å². The van der Waals surface area contributed by atoms with E-state index in [4.69, 9.17) is 4.42 Å². The van der Waals surface area contributed by atoms with Crippen LogP contribution in [-0.2, 0) is 14.8 Å². The molecule has 0 atom stereocenters. The number of amides is 1. The van der Waals surface area contributed by atoms with Crippen LogP contribution in [0.3, 0.4) is 0 Å². The summed E-state index contributed by atoms with van der Waals surface area (Å²) in [7, 11) is -2.57. The second-order valence-electron chi connectivity index (χ2n) is 6.02. The zero-order valence-corrected chi connectivity index (χ0v) is 14.5. The van der Waals surface area contributed by atoms with Crippen LogP contribution < -0.4 is 10.0 Å². The van der Waals surface area contributed by atoms with Crippen LogP contribution >= 0.6 is 0 Å². The van der Waals surface area contributed by atoms with Gasteiger partial charge in [-0.25, -0.2) is 17.9 Å². The van der Waals surface area contributed by atoms with Crippen LogP contribution in [0.5, 0.6) is 0 Å². The van der Waals surface area contributed by atoms with Crippen LogP contribution in [0.15, 0.2) is 21.6 Å². The molecule has 1 saturated carbocycles. The lowest BCUT2D eigenvalue weighted by Gasteiger charge is -2.36. The third kappa shape index (κ3) is 3.62. The van der Waals surface area contributed by atoms with Gasteiger partial charge < -0.3 is 14.8 Å². The molecule has 1 aromatic heterocycles. The van der Waals surface area contributed by atoms with Gasteiger partial charge in [0.05, 0.1) is 0 Å². The number of sulfonamides is 1. The van der Waals surface area contributed by atoms with Gasteiger partial charge in [-0.1, -0.05) is 13.3 Å². The van der Waals surface area contributed by atoms with Gasteiger partial charge in [-0.2, -0.15) is 0 Å². The summed E-state index contributed by atoms with van der Waals surface area (Å²) >= 11 is 0. The van der Waals surface area contributed by atoms with Gasteiger partial charge in [0.25, 0.3) is 15.9 Å². The molecular formula is C15H22N2O6S. The van der Waals surface area contributed by atoms with Crippen LogP contribution in [0.2, 0.25) is 0 Å². The molecule has 8 nitrogen and oxygen atoms in total. The number of furan rings is 1. The van der Waals surface area contributed by atoms with Crippen LogP contribution in [0, 0.1) is 5.92 Å². The van der Waals surface area contributed by atoms with E-state index in [0.717, 1.165) is 25.3 Å². The Morgan fingerprint density at radius 3 is 2.46 bits per heavy atom. The van der Waals surface area contributed by atoms with Crippen LogP contribution in [0.25, 0.3) is 0 Å². The highest BCUT2D eigenvalue weighted by Gasteiger charge is 2.43. The Bertz CT molecular complexity index is 716. The number of hydrogen-bond acceptors (Lipinski definition) is 5. The number of carbonyl (C=O) groups excluding carboxylic acids is 1. The topological polar surface area (TPSA) is 126 Å². The highest BCUT2D eigenvalue weighted by molar-refractivity contribution is 7.89. The summed E-state index contributed by atoms with van der Waals surface area (Å²) in [4.78, 5) is 24.0. The molecule has 1 fully saturated rings. The summed E-state index contributed by atoms with van der Waals surface area (Å²) in [6.07, 6.45) is 3.11. The van der Waals surface area contributed by atoms with Gasteiger partial charge in [-0.05, 0) is 50.8 Å². The van der Waals surface area contributed by atoms with Crippen molar-refractivity contribution in [3.63, 3.8) is 0 Å². The number of hydrogen-bond donors (Lipinski definition) is 3. The Labute approximate surface area is 140 Å². The van der Waals surface area contributed by atoms with E-state index in [0.29, 0.717) is 18.8 Å². The van der Waals surface area contributed by atoms with Crippen molar-refractivity contribution in [1.29, 1.82) is 0 Å². The molecule has 0 bridgehead atoms. The molecule has 0 saturated heterocycles. The third-order valence-electron chi connectivity index (χ3n) is 4.64. The van der Waals surface area contributed by atoms with Crippen molar-refractivity contribution >= 4 is 21.9 Å². The molecule has 1 heterocycles. The molecule has 1 aromatic rings. The maximum Gasteiger partial charge on any atom is 0.329 e. The number of carbonyl (C=O) groups is 2. The molecule has 9 heteroatoms. The third-order valence-corrected chi connectivity index (χ3v) is 5.92. The molecule has 134 valence electrons. The first-order valence-electron chi connectivity index (χ1n) is 7.83. The van der Waals surface area contributed by atoms with Crippen molar-refractivity contribution in [2.75, 3.05) is 7.05 Å². The number of carboxylic acid groups (broad SMARTS) is 1. The van der Waals surface area contributed by atoms with Crippen molar-refractivity contribution in [1.82, 2.24) is 10.0 Å². The number of aliphatic carboxylic acids is 1. The highest BCUT2D eigenvalue weighted by atomic mass is 32.2. The Morgan fingerprint density at radius 2 is 1.96 bits per heavy atom. The Morgan fingerprint density at radius 1 is 1.33 bits per heavy atom. The minimum atomic E-state index is -3.80. The van der Waals surface area contributed by atoms with E-state index < -0.39 is 32.5 Å². The summed E-state index contributed by atoms with van der Waals surface area (Å²) in [5, 5.41) is 11.7. The summed E-state index contributed by atoms with van der Waals surface area (Å²) in [5.41, 5.74) is -1.34. The Kier molecular flexibility index (Phi) is 5.34. The van der Waals surface area contributed by atoms with E-state index in [1.165, 1.54) is 13.1 Å². The van der Waals surface area contributed by atoms with Gasteiger partial charge in [0.1, 0.15) is 5.54 Å². The minimum absolute atomic E-state index is 0.234. The van der Waals surface area contributed by atoms with E-state index in [1.54, 1.807) is 0 Å². The molecule has 0 unspecified atom stereocenters. The number of rotatable bonds is 6. The molecular weight excluding hydrogens is 336 g/mol. The van der Waals surface area contributed by atoms with E-state index in [1.807, 2.05) is 0 Å². The molecule has 1 aliphatic carbocycles. The largest absolute Gasteiger partial charge is 0.480 e. The van der Waals surface area contributed by atoms with Gasteiger partial charge >= 0.3 is 5.97 Å². The zero-order valence-electron chi connectivity index (χ0n) is 13.7. The standard InChI is InChI=1S/C15H22N2O6S/c1-3-10-6-8-15(9-7-10,14(19)20)17-13(18)11-4-5-12(23-11)24(21,22)16-2/h4-5,10,16H,3,6-9H2,1-2H3,(H,17,18)(H,19,20). The number of nitrogens with one attached hydrogen (secondary N) is 2. The average molecular weight is 358 g/mol. The predicted molar refractivity (Wildman–Crippen MR) is 85.0 cm³/mol. The SMILES string of the molecule is CCC1CCC(NC(=O)c2ccc(S(=O)(=O)NC)o2)(C(=O)O)CC1. The lowest BCUT2D eigenvalue weighted by atomic mass is 9.75. The van der Waals surface area contributed by atoms with Gasteiger partial charge in [-0.3, -0.25) is 4.79 Å². The quantitative estimate of drug-likeness (QED) is 0.704. The average Bonchev–Trinajstić information content (AvgIpc) is 3.06. The van der Waals surface area contributed by atoms with Gasteiger partial charge in [0.15, 0.2) is 5.76 Å². The van der Waals surface area contributed by atoms with Crippen molar-refractivity contribution < 1.29 is 27.5 Å². The maximum absolute atomic E-state index is 12.3. The zero-order chi connectivity index (χ0) is 18.0. The number of carboxylic acids is 1. The Balaban J connectivity index is 2.16. The predicted octanol–water partition coefficient (Wildman–Crippen LogP) is 1.34. The first-order chi connectivity index (χ1) is 11.2. The molecule has 0 aliphatic heterocycles.